The van der Waals surface area contributed by atoms with Crippen LogP contribution in [0.25, 0.3) is 0 Å². The highest BCUT2D eigenvalue weighted by molar-refractivity contribution is 8.00. The summed E-state index contributed by atoms with van der Waals surface area (Å²) in [6, 6.07) is 13.5. The topological polar surface area (TPSA) is 27.7 Å². The van der Waals surface area contributed by atoms with Crippen molar-refractivity contribution in [3.8, 4) is 5.75 Å². The third kappa shape index (κ3) is 7.36. The van der Waals surface area contributed by atoms with E-state index >= 15 is 0 Å². The normalized spacial score (nSPS) is 13.2. The zero-order chi connectivity index (χ0) is 25.5. The SMILES string of the molecule is COCOCC(C)Sc1ccc(Cc2c(C)cc(O[Si](C(C)C)(C(C)C)C(C)C)cc2C)cc1. The van der Waals surface area contributed by atoms with Gasteiger partial charge in [0.05, 0.1) is 6.61 Å². The van der Waals surface area contributed by atoms with Gasteiger partial charge in [-0.05, 0) is 83.4 Å². The Balaban J connectivity index is 2.15. The Hall–Kier alpha value is -1.27. The molecule has 5 heteroatoms. The summed E-state index contributed by atoms with van der Waals surface area (Å²) in [5.41, 5.74) is 7.08. The van der Waals surface area contributed by atoms with Crippen molar-refractivity contribution in [1.29, 1.82) is 0 Å². The predicted molar refractivity (Wildman–Crippen MR) is 150 cm³/mol. The summed E-state index contributed by atoms with van der Waals surface area (Å²) < 4.78 is 17.4. The summed E-state index contributed by atoms with van der Waals surface area (Å²) in [6.07, 6.45) is 0.941. The molecule has 1 unspecified atom stereocenters. The molecule has 0 saturated carbocycles. The van der Waals surface area contributed by atoms with E-state index in [4.69, 9.17) is 13.9 Å². The molecule has 0 amide bonds. The molecule has 190 valence electrons. The van der Waals surface area contributed by atoms with Gasteiger partial charge in [-0.15, -0.1) is 11.8 Å². The Morgan fingerprint density at radius 3 is 1.82 bits per heavy atom. The highest BCUT2D eigenvalue weighted by Gasteiger charge is 2.47. The van der Waals surface area contributed by atoms with Crippen molar-refractivity contribution in [3.63, 3.8) is 0 Å². The first-order chi connectivity index (χ1) is 16.0. The maximum absolute atomic E-state index is 6.96. The lowest BCUT2D eigenvalue weighted by molar-refractivity contribution is -0.0287. The van der Waals surface area contributed by atoms with Crippen molar-refractivity contribution < 1.29 is 13.9 Å². The van der Waals surface area contributed by atoms with Crippen LogP contribution in [0.15, 0.2) is 41.3 Å². The van der Waals surface area contributed by atoms with Gasteiger partial charge in [0.15, 0.2) is 0 Å². The van der Waals surface area contributed by atoms with Crippen LogP contribution < -0.4 is 4.43 Å². The molecule has 2 aromatic carbocycles. The number of ether oxygens (including phenoxy) is 2. The van der Waals surface area contributed by atoms with Gasteiger partial charge in [0.1, 0.15) is 12.5 Å². The largest absolute Gasteiger partial charge is 0.543 e. The van der Waals surface area contributed by atoms with Crippen LogP contribution in [0.2, 0.25) is 16.6 Å². The highest BCUT2D eigenvalue weighted by atomic mass is 32.2. The molecule has 0 radical (unpaired) electrons. The summed E-state index contributed by atoms with van der Waals surface area (Å²) in [7, 11) is -0.304. The molecule has 0 saturated heterocycles. The second kappa shape index (κ2) is 13.2. The summed E-state index contributed by atoms with van der Waals surface area (Å²) in [5.74, 6) is 1.05. The fourth-order valence-corrected chi connectivity index (χ4v) is 11.5. The van der Waals surface area contributed by atoms with Crippen LogP contribution in [0.1, 0.15) is 70.7 Å². The van der Waals surface area contributed by atoms with Gasteiger partial charge in [0, 0.05) is 17.3 Å². The number of hydrogen-bond donors (Lipinski definition) is 0. The molecule has 0 spiro atoms. The number of aryl methyl sites for hydroxylation is 2. The first-order valence-electron chi connectivity index (χ1n) is 12.6. The van der Waals surface area contributed by atoms with Gasteiger partial charge in [0.25, 0.3) is 8.32 Å². The minimum absolute atomic E-state index is 0.349. The van der Waals surface area contributed by atoms with Crippen molar-refractivity contribution in [3.05, 3.63) is 58.7 Å². The van der Waals surface area contributed by atoms with Gasteiger partial charge in [-0.1, -0.05) is 60.6 Å². The Bertz CT molecular complexity index is 848. The first kappa shape index (κ1) is 29.0. The van der Waals surface area contributed by atoms with E-state index in [1.165, 1.54) is 27.1 Å². The Morgan fingerprint density at radius 2 is 1.35 bits per heavy atom. The lowest BCUT2D eigenvalue weighted by atomic mass is 9.96. The molecule has 2 aromatic rings. The van der Waals surface area contributed by atoms with Gasteiger partial charge in [-0.3, -0.25) is 0 Å². The maximum atomic E-state index is 6.96. The van der Waals surface area contributed by atoms with Crippen LogP contribution in [0.3, 0.4) is 0 Å². The smallest absolute Gasteiger partial charge is 0.258 e. The van der Waals surface area contributed by atoms with Gasteiger partial charge in [-0.25, -0.2) is 0 Å². The second-order valence-electron chi connectivity index (χ2n) is 10.5. The van der Waals surface area contributed by atoms with E-state index in [0.717, 1.165) is 12.2 Å². The second-order valence-corrected chi connectivity index (χ2v) is 17.4. The lowest BCUT2D eigenvalue weighted by Crippen LogP contribution is -2.50. The zero-order valence-corrected chi connectivity index (χ0v) is 24.8. The molecule has 0 heterocycles. The lowest BCUT2D eigenvalue weighted by Gasteiger charge is -2.42. The van der Waals surface area contributed by atoms with Gasteiger partial charge in [0.2, 0.25) is 0 Å². The minimum atomic E-state index is -1.95. The van der Waals surface area contributed by atoms with E-state index in [-0.39, 0.29) is 0 Å². The van der Waals surface area contributed by atoms with Crippen LogP contribution >= 0.6 is 11.8 Å². The van der Waals surface area contributed by atoms with Crippen LogP contribution in [-0.2, 0) is 15.9 Å². The number of hydrogen-bond acceptors (Lipinski definition) is 4. The Kier molecular flexibility index (Phi) is 11.2. The summed E-state index contributed by atoms with van der Waals surface area (Å²) in [6.45, 7) is 21.7. The van der Waals surface area contributed by atoms with Gasteiger partial charge >= 0.3 is 0 Å². The van der Waals surface area contributed by atoms with Crippen molar-refractivity contribution in [1.82, 2.24) is 0 Å². The monoisotopic (exact) mass is 502 g/mol. The molecule has 2 rings (SSSR count). The molecule has 0 fully saturated rings. The van der Waals surface area contributed by atoms with E-state index in [1.54, 1.807) is 7.11 Å². The van der Waals surface area contributed by atoms with Gasteiger partial charge in [-0.2, -0.15) is 0 Å². The quantitative estimate of drug-likeness (QED) is 0.119. The van der Waals surface area contributed by atoms with Crippen LogP contribution in [0.5, 0.6) is 5.75 Å². The summed E-state index contributed by atoms with van der Waals surface area (Å²) >= 11 is 1.84. The molecule has 0 bridgehead atoms. The summed E-state index contributed by atoms with van der Waals surface area (Å²) in [4.78, 5) is 1.27. The number of benzene rings is 2. The Morgan fingerprint density at radius 1 is 0.824 bits per heavy atom. The van der Waals surface area contributed by atoms with E-state index in [9.17, 15) is 0 Å². The van der Waals surface area contributed by atoms with E-state index < -0.39 is 8.32 Å². The number of thioether (sulfide) groups is 1. The average molecular weight is 503 g/mol. The molecule has 0 aromatic heterocycles. The molecule has 34 heavy (non-hydrogen) atoms. The third-order valence-electron chi connectivity index (χ3n) is 6.87. The van der Waals surface area contributed by atoms with E-state index in [1.807, 2.05) is 11.8 Å². The number of methoxy groups -OCH3 is 1. The average Bonchev–Trinajstić information content (AvgIpc) is 2.75. The van der Waals surface area contributed by atoms with Crippen molar-refractivity contribution in [2.75, 3.05) is 20.5 Å². The van der Waals surface area contributed by atoms with Crippen LogP contribution in [0, 0.1) is 13.8 Å². The van der Waals surface area contributed by atoms with Crippen molar-refractivity contribution in [2.24, 2.45) is 0 Å². The molecular formula is C29H46O3SSi. The molecule has 0 N–H and O–H groups in total. The first-order valence-corrected chi connectivity index (χ1v) is 15.6. The highest BCUT2D eigenvalue weighted by Crippen LogP contribution is 2.43. The zero-order valence-electron chi connectivity index (χ0n) is 23.0. The Labute approximate surface area is 214 Å². The maximum Gasteiger partial charge on any atom is 0.258 e. The number of rotatable bonds is 13. The fourth-order valence-electron chi connectivity index (χ4n) is 5.30. The van der Waals surface area contributed by atoms with Gasteiger partial charge < -0.3 is 13.9 Å². The molecule has 0 aliphatic rings. The molecule has 0 aliphatic carbocycles. The van der Waals surface area contributed by atoms with Crippen LogP contribution in [0.4, 0.5) is 0 Å². The fraction of sp³-hybridized carbons (Fsp3) is 0.586. The molecular weight excluding hydrogens is 456 g/mol. The third-order valence-corrected chi connectivity index (χ3v) is 14.0. The minimum Gasteiger partial charge on any atom is -0.543 e. The van der Waals surface area contributed by atoms with Crippen LogP contribution in [-0.4, -0.2) is 34.1 Å². The van der Waals surface area contributed by atoms with Crippen molar-refractivity contribution in [2.45, 2.75) is 95.5 Å². The summed E-state index contributed by atoms with van der Waals surface area (Å²) in [5, 5.41) is 0.385. The van der Waals surface area contributed by atoms with E-state index in [2.05, 4.69) is 98.7 Å². The standard InChI is InChI=1S/C29H46O3SSi/c1-20(2)34(21(3)4,22(5)6)32-27-15-23(7)29(24(8)16-27)17-26-11-13-28(14-12-26)33-25(9)18-31-19-30-10/h11-16,20-22,25H,17-19H2,1-10H3. The molecule has 0 aliphatic heterocycles. The molecule has 3 nitrogen and oxygen atoms in total. The van der Waals surface area contributed by atoms with E-state index in [0.29, 0.717) is 35.3 Å². The van der Waals surface area contributed by atoms with Crippen molar-refractivity contribution >= 4 is 20.1 Å². The predicted octanol–water partition coefficient (Wildman–Crippen LogP) is 8.55. The molecule has 1 atom stereocenters.